The van der Waals surface area contributed by atoms with Crippen molar-refractivity contribution < 1.29 is 14.3 Å². The third-order valence-electron chi connectivity index (χ3n) is 4.22. The van der Waals surface area contributed by atoms with Gasteiger partial charge in [0.1, 0.15) is 0 Å². The number of hydrogen-bond acceptors (Lipinski definition) is 5. The SMILES string of the molecule is COc1ccc(CCC(=O)Nc2ccccc2SCc2ccsc2)cc1OC. The molecule has 1 N–H and O–H groups in total. The van der Waals surface area contributed by atoms with Crippen molar-refractivity contribution in [3.8, 4) is 11.5 Å². The molecular weight excluding hydrogens is 390 g/mol. The van der Waals surface area contributed by atoms with E-state index in [9.17, 15) is 4.79 Å². The van der Waals surface area contributed by atoms with Gasteiger partial charge in [-0.15, -0.1) is 11.8 Å². The maximum absolute atomic E-state index is 12.5. The number of aryl methyl sites for hydroxylation is 1. The number of carbonyl (C=O) groups excluding carboxylic acids is 1. The Kier molecular flexibility index (Phi) is 7.39. The monoisotopic (exact) mass is 413 g/mol. The van der Waals surface area contributed by atoms with Crippen LogP contribution in [-0.2, 0) is 17.0 Å². The molecule has 0 fully saturated rings. The average molecular weight is 414 g/mol. The maximum atomic E-state index is 12.5. The average Bonchev–Trinajstić information content (AvgIpc) is 3.25. The van der Waals surface area contributed by atoms with Gasteiger partial charge in [0.15, 0.2) is 11.5 Å². The van der Waals surface area contributed by atoms with Crippen molar-refractivity contribution in [2.45, 2.75) is 23.5 Å². The summed E-state index contributed by atoms with van der Waals surface area (Å²) in [4.78, 5) is 13.6. The number of benzene rings is 2. The Labute approximate surface area is 173 Å². The van der Waals surface area contributed by atoms with E-state index in [1.165, 1.54) is 5.56 Å². The van der Waals surface area contributed by atoms with E-state index >= 15 is 0 Å². The molecule has 2 aromatic carbocycles. The van der Waals surface area contributed by atoms with E-state index in [4.69, 9.17) is 9.47 Å². The Morgan fingerprint density at radius 3 is 2.61 bits per heavy atom. The lowest BCUT2D eigenvalue weighted by molar-refractivity contribution is -0.116. The first-order valence-electron chi connectivity index (χ1n) is 8.93. The second kappa shape index (κ2) is 10.2. The van der Waals surface area contributed by atoms with Gasteiger partial charge in [-0.2, -0.15) is 11.3 Å². The Bertz CT molecular complexity index is 910. The lowest BCUT2D eigenvalue weighted by Gasteiger charge is -2.11. The van der Waals surface area contributed by atoms with Crippen LogP contribution >= 0.6 is 23.1 Å². The molecule has 3 rings (SSSR count). The molecule has 1 aromatic heterocycles. The number of methoxy groups -OCH3 is 2. The molecule has 0 saturated carbocycles. The highest BCUT2D eigenvalue weighted by molar-refractivity contribution is 7.98. The van der Waals surface area contributed by atoms with E-state index in [2.05, 4.69) is 22.1 Å². The van der Waals surface area contributed by atoms with Crippen LogP contribution in [0.15, 0.2) is 64.2 Å². The van der Waals surface area contributed by atoms with Gasteiger partial charge < -0.3 is 14.8 Å². The fourth-order valence-corrected chi connectivity index (χ4v) is 4.46. The summed E-state index contributed by atoms with van der Waals surface area (Å²) < 4.78 is 10.6. The third kappa shape index (κ3) is 5.53. The number of rotatable bonds is 9. The molecule has 1 amide bonds. The van der Waals surface area contributed by atoms with E-state index in [-0.39, 0.29) is 5.91 Å². The summed E-state index contributed by atoms with van der Waals surface area (Å²) in [6, 6.07) is 15.8. The maximum Gasteiger partial charge on any atom is 0.224 e. The van der Waals surface area contributed by atoms with Crippen LogP contribution in [0.4, 0.5) is 5.69 Å². The zero-order chi connectivity index (χ0) is 19.8. The Hall–Kier alpha value is -2.44. The summed E-state index contributed by atoms with van der Waals surface area (Å²) in [5, 5.41) is 7.28. The van der Waals surface area contributed by atoms with Crippen LogP contribution < -0.4 is 14.8 Å². The Balaban J connectivity index is 1.57. The van der Waals surface area contributed by atoms with Crippen LogP contribution in [-0.4, -0.2) is 20.1 Å². The van der Waals surface area contributed by atoms with Crippen molar-refractivity contribution in [1.82, 2.24) is 0 Å². The minimum atomic E-state index is -0.00151. The van der Waals surface area contributed by atoms with Gasteiger partial charge in [0.2, 0.25) is 5.91 Å². The molecule has 0 aliphatic carbocycles. The highest BCUT2D eigenvalue weighted by Gasteiger charge is 2.10. The Morgan fingerprint density at radius 1 is 1.04 bits per heavy atom. The number of carbonyl (C=O) groups is 1. The molecule has 0 radical (unpaired) electrons. The highest BCUT2D eigenvalue weighted by atomic mass is 32.2. The van der Waals surface area contributed by atoms with Crippen molar-refractivity contribution in [2.75, 3.05) is 19.5 Å². The van der Waals surface area contributed by atoms with Gasteiger partial charge in [0.05, 0.1) is 19.9 Å². The van der Waals surface area contributed by atoms with Crippen molar-refractivity contribution in [3.63, 3.8) is 0 Å². The fraction of sp³-hybridized carbons (Fsp3) is 0.227. The molecule has 0 atom stereocenters. The zero-order valence-electron chi connectivity index (χ0n) is 15.9. The van der Waals surface area contributed by atoms with E-state index in [0.717, 1.165) is 21.9 Å². The van der Waals surface area contributed by atoms with Crippen LogP contribution in [0, 0.1) is 0 Å². The summed E-state index contributed by atoms with van der Waals surface area (Å²) in [7, 11) is 3.22. The van der Waals surface area contributed by atoms with Crippen molar-refractivity contribution in [2.24, 2.45) is 0 Å². The van der Waals surface area contributed by atoms with Crippen LogP contribution in [0.5, 0.6) is 11.5 Å². The number of thiophene rings is 1. The van der Waals surface area contributed by atoms with Gasteiger partial charge in [-0.1, -0.05) is 18.2 Å². The molecule has 0 spiro atoms. The molecular formula is C22H23NO3S2. The van der Waals surface area contributed by atoms with Gasteiger partial charge in [0, 0.05) is 17.1 Å². The van der Waals surface area contributed by atoms with E-state index in [0.29, 0.717) is 24.3 Å². The summed E-state index contributed by atoms with van der Waals surface area (Å²) >= 11 is 3.43. The number of hydrogen-bond donors (Lipinski definition) is 1. The molecule has 0 unspecified atom stereocenters. The number of ether oxygens (including phenoxy) is 2. The molecule has 28 heavy (non-hydrogen) atoms. The molecule has 4 nitrogen and oxygen atoms in total. The summed E-state index contributed by atoms with van der Waals surface area (Å²) in [6.45, 7) is 0. The molecule has 0 aliphatic heterocycles. The molecule has 0 aliphatic rings. The molecule has 0 saturated heterocycles. The van der Waals surface area contributed by atoms with E-state index in [1.807, 2.05) is 42.5 Å². The van der Waals surface area contributed by atoms with Gasteiger partial charge >= 0.3 is 0 Å². The largest absolute Gasteiger partial charge is 0.493 e. The van der Waals surface area contributed by atoms with Crippen LogP contribution in [0.2, 0.25) is 0 Å². The number of para-hydroxylation sites is 1. The van der Waals surface area contributed by atoms with E-state index < -0.39 is 0 Å². The summed E-state index contributed by atoms with van der Waals surface area (Å²) in [5.41, 5.74) is 3.19. The predicted molar refractivity (Wildman–Crippen MR) is 117 cm³/mol. The Morgan fingerprint density at radius 2 is 1.86 bits per heavy atom. The lowest BCUT2D eigenvalue weighted by atomic mass is 10.1. The third-order valence-corrected chi connectivity index (χ3v) is 6.10. The first kappa shape index (κ1) is 20.3. The second-order valence-electron chi connectivity index (χ2n) is 6.15. The minimum absolute atomic E-state index is 0.00151. The van der Waals surface area contributed by atoms with Gasteiger partial charge in [-0.05, 0) is 58.6 Å². The minimum Gasteiger partial charge on any atom is -0.493 e. The molecule has 146 valence electrons. The number of nitrogens with one attached hydrogen (secondary N) is 1. The van der Waals surface area contributed by atoms with Crippen molar-refractivity contribution in [3.05, 3.63) is 70.4 Å². The van der Waals surface area contributed by atoms with Crippen molar-refractivity contribution in [1.29, 1.82) is 0 Å². The number of thioether (sulfide) groups is 1. The quantitative estimate of drug-likeness (QED) is 0.462. The van der Waals surface area contributed by atoms with Crippen molar-refractivity contribution >= 4 is 34.7 Å². The summed E-state index contributed by atoms with van der Waals surface area (Å²) in [5.74, 6) is 2.25. The normalized spacial score (nSPS) is 10.5. The highest BCUT2D eigenvalue weighted by Crippen LogP contribution is 2.31. The van der Waals surface area contributed by atoms with Gasteiger partial charge in [-0.3, -0.25) is 4.79 Å². The first-order valence-corrected chi connectivity index (χ1v) is 10.9. The molecule has 3 aromatic rings. The van der Waals surface area contributed by atoms with Crippen LogP contribution in [0.3, 0.4) is 0 Å². The number of anilines is 1. The molecule has 1 heterocycles. The van der Waals surface area contributed by atoms with E-state index in [1.54, 1.807) is 37.3 Å². The first-order chi connectivity index (χ1) is 13.7. The smallest absolute Gasteiger partial charge is 0.224 e. The van der Waals surface area contributed by atoms with Gasteiger partial charge in [0.25, 0.3) is 0 Å². The van der Waals surface area contributed by atoms with Crippen LogP contribution in [0.25, 0.3) is 0 Å². The van der Waals surface area contributed by atoms with Gasteiger partial charge in [-0.25, -0.2) is 0 Å². The summed E-state index contributed by atoms with van der Waals surface area (Å²) in [6.07, 6.45) is 1.04. The molecule has 6 heteroatoms. The zero-order valence-corrected chi connectivity index (χ0v) is 17.6. The fourth-order valence-electron chi connectivity index (χ4n) is 2.74. The topological polar surface area (TPSA) is 47.6 Å². The number of amides is 1. The predicted octanol–water partition coefficient (Wildman–Crippen LogP) is 5.63. The second-order valence-corrected chi connectivity index (χ2v) is 7.95. The molecule has 0 bridgehead atoms. The lowest BCUT2D eigenvalue weighted by Crippen LogP contribution is -2.13. The van der Waals surface area contributed by atoms with Crippen LogP contribution in [0.1, 0.15) is 17.5 Å². The standard InChI is InChI=1S/C22H23NO3S2/c1-25-19-9-7-16(13-20(19)26-2)8-10-22(24)23-18-5-3-4-6-21(18)28-15-17-11-12-27-14-17/h3-7,9,11-14H,8,10,15H2,1-2H3,(H,23,24).